The quantitative estimate of drug-likeness (QED) is 0.813. The lowest BCUT2D eigenvalue weighted by atomic mass is 9.94. The number of likely N-dealkylation sites (tertiary alicyclic amines) is 1. The Labute approximate surface area is 142 Å². The van der Waals surface area contributed by atoms with Crippen LogP contribution in [0.15, 0.2) is 39.9 Å². The Hall–Kier alpha value is -1.94. The number of piperidine rings is 2. The van der Waals surface area contributed by atoms with E-state index in [9.17, 15) is 9.59 Å². The van der Waals surface area contributed by atoms with Gasteiger partial charge in [-0.05, 0) is 44.3 Å². The molecule has 4 rings (SSSR count). The first-order chi connectivity index (χ1) is 11.8. The van der Waals surface area contributed by atoms with Crippen LogP contribution in [0.2, 0.25) is 0 Å². The molecule has 2 aliphatic rings. The highest BCUT2D eigenvalue weighted by atomic mass is 16.2. The number of benzene rings is 1. The van der Waals surface area contributed by atoms with Gasteiger partial charge >= 0.3 is 0 Å². The van der Waals surface area contributed by atoms with Gasteiger partial charge in [-0.15, -0.1) is 0 Å². The monoisotopic (exact) mass is 324 g/mol. The standard InChI is InChI=1S/C20H24N2O2/c23-19-17(15-7-3-1-4-8-15)18(20(19)24)22-13-9-16(10-14-22)21-11-5-2-6-12-21/h1,3-4,7-8,16H,2,5-6,9-14H2. The first kappa shape index (κ1) is 15.6. The lowest BCUT2D eigenvalue weighted by Gasteiger charge is -2.41. The van der Waals surface area contributed by atoms with Gasteiger partial charge in [0.15, 0.2) is 0 Å². The fraction of sp³-hybridized carbons (Fsp3) is 0.500. The molecule has 0 bridgehead atoms. The largest absolute Gasteiger partial charge is 0.368 e. The molecule has 0 amide bonds. The first-order valence-corrected chi connectivity index (χ1v) is 9.13. The van der Waals surface area contributed by atoms with Crippen LogP contribution in [0.4, 0.5) is 5.69 Å². The van der Waals surface area contributed by atoms with Crippen LogP contribution in [0.5, 0.6) is 0 Å². The van der Waals surface area contributed by atoms with Crippen molar-refractivity contribution in [2.24, 2.45) is 0 Å². The molecular weight excluding hydrogens is 300 g/mol. The zero-order valence-electron chi connectivity index (χ0n) is 14.0. The van der Waals surface area contributed by atoms with Gasteiger partial charge in [-0.2, -0.15) is 0 Å². The van der Waals surface area contributed by atoms with E-state index in [0.29, 0.717) is 17.3 Å². The molecule has 0 aromatic heterocycles. The van der Waals surface area contributed by atoms with E-state index >= 15 is 0 Å². The van der Waals surface area contributed by atoms with Gasteiger partial charge in [-0.25, -0.2) is 0 Å². The zero-order chi connectivity index (χ0) is 16.5. The second-order valence-electron chi connectivity index (χ2n) is 7.06. The van der Waals surface area contributed by atoms with Gasteiger partial charge in [0.25, 0.3) is 0 Å². The molecule has 2 aliphatic heterocycles. The molecule has 4 heteroatoms. The Morgan fingerprint density at radius 2 is 1.46 bits per heavy atom. The van der Waals surface area contributed by atoms with Crippen LogP contribution in [-0.4, -0.2) is 37.1 Å². The Kier molecular flexibility index (Phi) is 4.23. The molecule has 0 aliphatic carbocycles. The van der Waals surface area contributed by atoms with Crippen molar-refractivity contribution in [3.63, 3.8) is 0 Å². The van der Waals surface area contributed by atoms with Crippen LogP contribution in [0.1, 0.15) is 32.1 Å². The minimum absolute atomic E-state index is 0.301. The summed E-state index contributed by atoms with van der Waals surface area (Å²) < 4.78 is 0. The van der Waals surface area contributed by atoms with Crippen LogP contribution < -0.4 is 15.8 Å². The molecule has 24 heavy (non-hydrogen) atoms. The maximum absolute atomic E-state index is 12.2. The number of rotatable bonds is 3. The summed E-state index contributed by atoms with van der Waals surface area (Å²) in [5.41, 5.74) is 1.52. The van der Waals surface area contributed by atoms with Crippen LogP contribution in [0, 0.1) is 0 Å². The third-order valence-electron chi connectivity index (χ3n) is 5.64. The Balaban J connectivity index is 1.50. The Morgan fingerprint density at radius 1 is 0.792 bits per heavy atom. The lowest BCUT2D eigenvalue weighted by Crippen LogP contribution is -2.50. The van der Waals surface area contributed by atoms with Gasteiger partial charge in [0.1, 0.15) is 5.69 Å². The maximum Gasteiger partial charge on any atom is 0.250 e. The number of anilines is 1. The summed E-state index contributed by atoms with van der Waals surface area (Å²) in [7, 11) is 0. The fourth-order valence-electron chi connectivity index (χ4n) is 4.29. The molecule has 2 saturated heterocycles. The highest BCUT2D eigenvalue weighted by molar-refractivity contribution is 5.82. The van der Waals surface area contributed by atoms with Crippen molar-refractivity contribution in [3.8, 4) is 11.1 Å². The van der Waals surface area contributed by atoms with E-state index in [2.05, 4.69) is 9.80 Å². The summed E-state index contributed by atoms with van der Waals surface area (Å²) in [6.45, 7) is 4.21. The lowest BCUT2D eigenvalue weighted by molar-refractivity contribution is 0.141. The molecule has 0 N–H and O–H groups in total. The van der Waals surface area contributed by atoms with Crippen LogP contribution >= 0.6 is 0 Å². The highest BCUT2D eigenvalue weighted by Gasteiger charge is 2.31. The molecule has 0 atom stereocenters. The second kappa shape index (κ2) is 6.52. The SMILES string of the molecule is O=c1c(-c2ccccc2)c(N2CCC(N3CCCCC3)CC2)c1=O. The summed E-state index contributed by atoms with van der Waals surface area (Å²) >= 11 is 0. The summed E-state index contributed by atoms with van der Waals surface area (Å²) in [6.07, 6.45) is 6.17. The minimum Gasteiger partial charge on any atom is -0.368 e. The summed E-state index contributed by atoms with van der Waals surface area (Å²) in [5, 5.41) is 0. The normalized spacial score (nSPS) is 20.6. The van der Waals surface area contributed by atoms with Crippen molar-refractivity contribution < 1.29 is 0 Å². The third-order valence-corrected chi connectivity index (χ3v) is 5.64. The molecule has 126 valence electrons. The van der Waals surface area contributed by atoms with Gasteiger partial charge in [0.05, 0.1) is 5.56 Å². The zero-order valence-corrected chi connectivity index (χ0v) is 14.0. The molecule has 0 spiro atoms. The van der Waals surface area contributed by atoms with Crippen LogP contribution in [-0.2, 0) is 0 Å². The van der Waals surface area contributed by atoms with Crippen molar-refractivity contribution in [3.05, 3.63) is 50.8 Å². The predicted octanol–water partition coefficient (Wildman–Crippen LogP) is 2.40. The summed E-state index contributed by atoms with van der Waals surface area (Å²) in [6, 6.07) is 10.2. The first-order valence-electron chi connectivity index (χ1n) is 9.13. The smallest absolute Gasteiger partial charge is 0.250 e. The van der Waals surface area contributed by atoms with Crippen LogP contribution in [0.25, 0.3) is 11.1 Å². The van der Waals surface area contributed by atoms with E-state index in [0.717, 1.165) is 31.5 Å². The molecule has 0 saturated carbocycles. The summed E-state index contributed by atoms with van der Waals surface area (Å²) in [5.74, 6) is 0. The fourth-order valence-corrected chi connectivity index (χ4v) is 4.29. The predicted molar refractivity (Wildman–Crippen MR) is 97.4 cm³/mol. The molecular formula is C20H24N2O2. The number of hydrogen-bond donors (Lipinski definition) is 0. The van der Waals surface area contributed by atoms with E-state index in [1.807, 2.05) is 30.3 Å². The third kappa shape index (κ3) is 2.69. The maximum atomic E-state index is 12.2. The topological polar surface area (TPSA) is 40.6 Å². The molecule has 2 aromatic carbocycles. The molecule has 2 heterocycles. The summed E-state index contributed by atoms with van der Waals surface area (Å²) in [4.78, 5) is 29.0. The molecule has 0 radical (unpaired) electrons. The van der Waals surface area contributed by atoms with Crippen molar-refractivity contribution >= 4 is 5.69 Å². The molecule has 4 nitrogen and oxygen atoms in total. The molecule has 2 aromatic rings. The average Bonchev–Trinajstić information content (AvgIpc) is 2.67. The van der Waals surface area contributed by atoms with E-state index in [1.54, 1.807) is 0 Å². The van der Waals surface area contributed by atoms with Crippen LogP contribution in [0.3, 0.4) is 0 Å². The van der Waals surface area contributed by atoms with E-state index in [-0.39, 0.29) is 10.9 Å². The average molecular weight is 324 g/mol. The highest BCUT2D eigenvalue weighted by Crippen LogP contribution is 2.30. The number of nitrogens with zero attached hydrogens (tertiary/aromatic N) is 2. The van der Waals surface area contributed by atoms with Crippen molar-refractivity contribution in [2.45, 2.75) is 38.1 Å². The van der Waals surface area contributed by atoms with Gasteiger partial charge in [-0.3, -0.25) is 9.59 Å². The van der Waals surface area contributed by atoms with E-state index < -0.39 is 0 Å². The minimum atomic E-state index is -0.325. The van der Waals surface area contributed by atoms with Gasteiger partial charge < -0.3 is 9.80 Å². The Bertz CT molecular complexity index is 763. The molecule has 2 fully saturated rings. The van der Waals surface area contributed by atoms with Crippen molar-refractivity contribution in [1.82, 2.24) is 4.90 Å². The van der Waals surface area contributed by atoms with Gasteiger partial charge in [0.2, 0.25) is 10.9 Å². The number of hydrogen-bond acceptors (Lipinski definition) is 4. The van der Waals surface area contributed by atoms with Crippen molar-refractivity contribution in [1.29, 1.82) is 0 Å². The second-order valence-corrected chi connectivity index (χ2v) is 7.06. The Morgan fingerprint density at radius 3 is 2.12 bits per heavy atom. The molecule has 0 unspecified atom stereocenters. The van der Waals surface area contributed by atoms with Gasteiger partial charge in [0, 0.05) is 19.1 Å². The van der Waals surface area contributed by atoms with Crippen molar-refractivity contribution in [2.75, 3.05) is 31.1 Å². The van der Waals surface area contributed by atoms with E-state index in [4.69, 9.17) is 0 Å². The van der Waals surface area contributed by atoms with E-state index in [1.165, 1.54) is 32.4 Å². The van der Waals surface area contributed by atoms with Gasteiger partial charge in [-0.1, -0.05) is 36.8 Å².